The number of piperidine rings is 1. The maximum absolute atomic E-state index is 13.3. The number of aromatic nitrogens is 2. The molecular weight excluding hydrogens is 357 g/mol. The fourth-order valence-corrected chi connectivity index (χ4v) is 3.77. The first-order chi connectivity index (χ1) is 12.7. The van der Waals surface area contributed by atoms with Crippen LogP contribution >= 0.6 is 0 Å². The second-order valence-electron chi connectivity index (χ2n) is 7.39. The van der Waals surface area contributed by atoms with Gasteiger partial charge in [0.1, 0.15) is 0 Å². The molecular formula is C19H25F3N4O. The van der Waals surface area contributed by atoms with Crippen molar-refractivity contribution in [3.05, 3.63) is 29.6 Å². The summed E-state index contributed by atoms with van der Waals surface area (Å²) in [5, 5.41) is 3.16. The lowest BCUT2D eigenvalue weighted by Gasteiger charge is -2.32. The summed E-state index contributed by atoms with van der Waals surface area (Å²) in [6.07, 6.45) is -2.69. The van der Waals surface area contributed by atoms with Gasteiger partial charge >= 0.3 is 6.18 Å². The van der Waals surface area contributed by atoms with Gasteiger partial charge in [-0.25, -0.2) is 4.98 Å². The molecule has 0 spiro atoms. The van der Waals surface area contributed by atoms with Gasteiger partial charge in [-0.3, -0.25) is 4.79 Å². The Morgan fingerprint density at radius 1 is 1.30 bits per heavy atom. The number of carbonyl (C=O) groups excluding carboxylic acids is 1. The Kier molecular flexibility index (Phi) is 5.46. The Morgan fingerprint density at radius 2 is 1.96 bits per heavy atom. The van der Waals surface area contributed by atoms with Crippen molar-refractivity contribution in [1.82, 2.24) is 19.8 Å². The molecule has 1 fully saturated rings. The zero-order valence-electron chi connectivity index (χ0n) is 15.8. The van der Waals surface area contributed by atoms with Gasteiger partial charge in [-0.2, -0.15) is 13.2 Å². The van der Waals surface area contributed by atoms with Gasteiger partial charge in [-0.15, -0.1) is 0 Å². The van der Waals surface area contributed by atoms with Crippen molar-refractivity contribution in [1.29, 1.82) is 0 Å². The number of likely N-dealkylation sites (tertiary alicyclic amines) is 1. The summed E-state index contributed by atoms with van der Waals surface area (Å²) in [5.41, 5.74) is 0.977. The summed E-state index contributed by atoms with van der Waals surface area (Å²) in [6.45, 7) is 5.63. The van der Waals surface area contributed by atoms with Crippen LogP contribution in [-0.4, -0.2) is 47.0 Å². The van der Waals surface area contributed by atoms with Crippen LogP contribution in [0.5, 0.6) is 0 Å². The highest BCUT2D eigenvalue weighted by Gasteiger charge is 2.38. The van der Waals surface area contributed by atoms with Gasteiger partial charge < -0.3 is 14.8 Å². The smallest absolute Gasteiger partial charge is 0.339 e. The molecule has 5 nitrogen and oxygen atoms in total. The predicted molar refractivity (Wildman–Crippen MR) is 97.7 cm³/mol. The number of halogens is 3. The number of alkyl halides is 3. The van der Waals surface area contributed by atoms with E-state index in [0.29, 0.717) is 30.1 Å². The van der Waals surface area contributed by atoms with Gasteiger partial charge in [-0.05, 0) is 64.4 Å². The molecule has 1 amide bonds. The van der Waals surface area contributed by atoms with Crippen LogP contribution in [-0.2, 0) is 6.18 Å². The first-order valence-electron chi connectivity index (χ1n) is 9.25. The van der Waals surface area contributed by atoms with Crippen LogP contribution in [0.15, 0.2) is 18.2 Å². The maximum atomic E-state index is 13.3. The van der Waals surface area contributed by atoms with Crippen molar-refractivity contribution in [3.63, 3.8) is 0 Å². The lowest BCUT2D eigenvalue weighted by molar-refractivity contribution is -0.147. The first kappa shape index (κ1) is 19.7. The maximum Gasteiger partial charge on any atom is 0.449 e. The zero-order chi connectivity index (χ0) is 19.8. The molecule has 0 saturated carbocycles. The highest BCUT2D eigenvalue weighted by molar-refractivity contribution is 5.97. The number of amides is 1. The fraction of sp³-hybridized carbons (Fsp3) is 0.579. The van der Waals surface area contributed by atoms with Crippen molar-refractivity contribution >= 4 is 16.9 Å². The van der Waals surface area contributed by atoms with E-state index in [-0.39, 0.29) is 17.5 Å². The minimum atomic E-state index is -4.54. The number of benzene rings is 1. The van der Waals surface area contributed by atoms with Gasteiger partial charge in [0.05, 0.1) is 11.0 Å². The topological polar surface area (TPSA) is 50.2 Å². The predicted octanol–water partition coefficient (Wildman–Crippen LogP) is 3.71. The lowest BCUT2D eigenvalue weighted by Crippen LogP contribution is -2.40. The molecule has 2 aromatic rings. The average Bonchev–Trinajstić information content (AvgIpc) is 3.01. The summed E-state index contributed by atoms with van der Waals surface area (Å²) in [7, 11) is 1.91. The minimum Gasteiger partial charge on any atom is -0.339 e. The highest BCUT2D eigenvalue weighted by atomic mass is 19.4. The molecule has 27 heavy (non-hydrogen) atoms. The van der Waals surface area contributed by atoms with Gasteiger partial charge in [0, 0.05) is 24.7 Å². The number of carbonyl (C=O) groups is 1. The number of hydrogen-bond donors (Lipinski definition) is 1. The largest absolute Gasteiger partial charge is 0.449 e. The molecule has 1 aliphatic rings. The third-order valence-electron chi connectivity index (χ3n) is 5.10. The summed E-state index contributed by atoms with van der Waals surface area (Å²) < 4.78 is 41.2. The van der Waals surface area contributed by atoms with E-state index in [2.05, 4.69) is 10.3 Å². The van der Waals surface area contributed by atoms with E-state index in [0.717, 1.165) is 19.4 Å². The summed E-state index contributed by atoms with van der Waals surface area (Å²) in [5.74, 6) is -0.518. The number of nitrogens with zero attached hydrogens (tertiary/aromatic N) is 3. The van der Waals surface area contributed by atoms with Crippen molar-refractivity contribution in [2.75, 3.05) is 26.7 Å². The molecule has 148 valence electrons. The molecule has 8 heteroatoms. The normalized spacial score (nSPS) is 16.5. The number of fused-ring (bicyclic) bond motifs is 1. The third kappa shape index (κ3) is 3.95. The van der Waals surface area contributed by atoms with E-state index in [1.807, 2.05) is 7.05 Å². The van der Waals surface area contributed by atoms with Gasteiger partial charge in [-0.1, -0.05) is 0 Å². The third-order valence-corrected chi connectivity index (χ3v) is 5.10. The van der Waals surface area contributed by atoms with E-state index in [1.165, 1.54) is 10.6 Å². The quantitative estimate of drug-likeness (QED) is 0.877. The Morgan fingerprint density at radius 3 is 2.52 bits per heavy atom. The molecule has 1 aromatic heterocycles. The molecule has 1 N–H and O–H groups in total. The number of imidazole rings is 1. The van der Waals surface area contributed by atoms with Gasteiger partial charge in [0.2, 0.25) is 5.82 Å². The summed E-state index contributed by atoms with van der Waals surface area (Å²) >= 11 is 0. The molecule has 1 aliphatic heterocycles. The van der Waals surface area contributed by atoms with E-state index in [4.69, 9.17) is 0 Å². The molecule has 0 atom stereocenters. The summed E-state index contributed by atoms with van der Waals surface area (Å²) in [6, 6.07) is 4.26. The average molecular weight is 382 g/mol. The molecule has 0 aliphatic carbocycles. The Bertz CT molecular complexity index is 820. The molecule has 0 bridgehead atoms. The van der Waals surface area contributed by atoms with Gasteiger partial charge in [0.15, 0.2) is 0 Å². The molecule has 0 unspecified atom stereocenters. The molecule has 1 aromatic carbocycles. The fourth-order valence-electron chi connectivity index (χ4n) is 3.77. The SMILES string of the molecule is CNCC1CCN(C(=O)c2ccc3c(c2)nc(C(F)(F)F)n3C(C)C)CC1. The van der Waals surface area contributed by atoms with Gasteiger partial charge in [0.25, 0.3) is 5.91 Å². The van der Waals surface area contributed by atoms with Crippen LogP contribution in [0.1, 0.15) is 48.9 Å². The number of rotatable bonds is 4. The number of hydrogen-bond acceptors (Lipinski definition) is 3. The van der Waals surface area contributed by atoms with Crippen LogP contribution in [0.25, 0.3) is 11.0 Å². The number of nitrogens with one attached hydrogen (secondary N) is 1. The van der Waals surface area contributed by atoms with E-state index in [9.17, 15) is 18.0 Å². The Balaban J connectivity index is 1.88. The highest BCUT2D eigenvalue weighted by Crippen LogP contribution is 2.34. The van der Waals surface area contributed by atoms with Crippen LogP contribution in [0.2, 0.25) is 0 Å². The van der Waals surface area contributed by atoms with Crippen molar-refractivity contribution in [2.45, 2.75) is 38.9 Å². The van der Waals surface area contributed by atoms with Crippen LogP contribution in [0.3, 0.4) is 0 Å². The Hall–Kier alpha value is -2.09. The van der Waals surface area contributed by atoms with Crippen LogP contribution < -0.4 is 5.32 Å². The second kappa shape index (κ2) is 7.50. The molecule has 0 radical (unpaired) electrons. The van der Waals surface area contributed by atoms with Crippen molar-refractivity contribution in [2.24, 2.45) is 5.92 Å². The standard InChI is InChI=1S/C19H25F3N4O/c1-12(2)26-16-5-4-14(10-15(16)24-18(26)19(20,21)22)17(27)25-8-6-13(7-9-25)11-23-3/h4-5,10,12-13,23H,6-9,11H2,1-3H3. The minimum absolute atomic E-state index is 0.146. The summed E-state index contributed by atoms with van der Waals surface area (Å²) in [4.78, 5) is 18.3. The van der Waals surface area contributed by atoms with E-state index >= 15 is 0 Å². The Labute approximate surface area is 156 Å². The van der Waals surface area contributed by atoms with E-state index in [1.54, 1.807) is 30.9 Å². The van der Waals surface area contributed by atoms with E-state index < -0.39 is 12.0 Å². The van der Waals surface area contributed by atoms with Crippen molar-refractivity contribution in [3.8, 4) is 0 Å². The zero-order valence-corrected chi connectivity index (χ0v) is 15.8. The molecule has 3 rings (SSSR count). The monoisotopic (exact) mass is 382 g/mol. The van der Waals surface area contributed by atoms with Crippen LogP contribution in [0.4, 0.5) is 13.2 Å². The van der Waals surface area contributed by atoms with Crippen LogP contribution in [0, 0.1) is 5.92 Å². The molecule has 2 heterocycles. The van der Waals surface area contributed by atoms with Crippen molar-refractivity contribution < 1.29 is 18.0 Å². The second-order valence-corrected chi connectivity index (χ2v) is 7.39. The lowest BCUT2D eigenvalue weighted by atomic mass is 9.96. The first-order valence-corrected chi connectivity index (χ1v) is 9.25. The molecule has 1 saturated heterocycles.